The van der Waals surface area contributed by atoms with E-state index >= 15 is 0 Å². The molecule has 0 saturated heterocycles. The maximum atomic E-state index is 13.0. The van der Waals surface area contributed by atoms with Gasteiger partial charge in [0, 0.05) is 10.9 Å². The Morgan fingerprint density at radius 3 is 1.97 bits per heavy atom. The molecule has 3 aromatic carbocycles. The highest BCUT2D eigenvalue weighted by atomic mass is 19.4. The van der Waals surface area contributed by atoms with E-state index in [-0.39, 0.29) is 0 Å². The maximum Gasteiger partial charge on any atom is 0.416 e. The molecule has 164 valence electrons. The number of alkyl halides is 3. The van der Waals surface area contributed by atoms with E-state index in [1.165, 1.54) is 32.7 Å². The van der Waals surface area contributed by atoms with Gasteiger partial charge in [-0.05, 0) is 35.9 Å². The number of hydrogen-bond acceptors (Lipinski definition) is 5. The molecule has 0 unspecified atom stereocenters. The molecule has 0 N–H and O–H groups in total. The van der Waals surface area contributed by atoms with Gasteiger partial charge in [-0.3, -0.25) is 0 Å². The third-order valence-corrected chi connectivity index (χ3v) is 5.14. The molecule has 5 nitrogen and oxygen atoms in total. The highest BCUT2D eigenvalue weighted by molar-refractivity contribution is 6.04. The van der Waals surface area contributed by atoms with Crippen LogP contribution in [-0.2, 0) is 6.18 Å². The summed E-state index contributed by atoms with van der Waals surface area (Å²) in [4.78, 5) is 8.82. The SMILES string of the molecule is COc1ccc(-c2c(OC)c(OC)cc3c(-c4ccc(C(F)(F)F)cc4)ncnc23)cc1. The quantitative estimate of drug-likeness (QED) is 0.381. The second-order valence-electron chi connectivity index (χ2n) is 6.91. The van der Waals surface area contributed by atoms with Crippen molar-refractivity contribution in [1.29, 1.82) is 0 Å². The van der Waals surface area contributed by atoms with Gasteiger partial charge in [0.1, 0.15) is 12.1 Å². The number of methoxy groups -OCH3 is 3. The van der Waals surface area contributed by atoms with Crippen molar-refractivity contribution >= 4 is 10.9 Å². The van der Waals surface area contributed by atoms with Crippen LogP contribution in [0, 0.1) is 0 Å². The van der Waals surface area contributed by atoms with Crippen molar-refractivity contribution < 1.29 is 27.4 Å². The van der Waals surface area contributed by atoms with Gasteiger partial charge in [-0.15, -0.1) is 0 Å². The number of halogens is 3. The standard InChI is InChI=1S/C24H19F3N2O3/c1-30-17-10-6-14(7-11-17)20-22-18(12-19(31-2)23(20)32-3)21(28-13-29-22)15-4-8-16(9-5-15)24(25,26)27/h4-13H,1-3H3. The molecule has 0 aliphatic carbocycles. The summed E-state index contributed by atoms with van der Waals surface area (Å²) in [5.41, 5.74) is 2.36. The Morgan fingerprint density at radius 2 is 1.41 bits per heavy atom. The van der Waals surface area contributed by atoms with Crippen LogP contribution in [0.2, 0.25) is 0 Å². The number of aromatic nitrogens is 2. The summed E-state index contributed by atoms with van der Waals surface area (Å²) in [6.07, 6.45) is -3.03. The summed E-state index contributed by atoms with van der Waals surface area (Å²) in [7, 11) is 4.64. The first-order valence-corrected chi connectivity index (χ1v) is 9.59. The molecule has 0 spiro atoms. The monoisotopic (exact) mass is 440 g/mol. The number of fused-ring (bicyclic) bond motifs is 1. The fraction of sp³-hybridized carbons (Fsp3) is 0.167. The van der Waals surface area contributed by atoms with Gasteiger partial charge in [0.25, 0.3) is 0 Å². The fourth-order valence-corrected chi connectivity index (χ4v) is 3.59. The van der Waals surface area contributed by atoms with Gasteiger partial charge in [0.05, 0.1) is 43.7 Å². The first-order valence-electron chi connectivity index (χ1n) is 9.59. The Kier molecular flexibility index (Phi) is 5.61. The van der Waals surface area contributed by atoms with Crippen LogP contribution in [0.15, 0.2) is 60.9 Å². The van der Waals surface area contributed by atoms with Gasteiger partial charge in [-0.2, -0.15) is 13.2 Å². The summed E-state index contributed by atoms with van der Waals surface area (Å²) >= 11 is 0. The predicted octanol–water partition coefficient (Wildman–Crippen LogP) is 6.01. The van der Waals surface area contributed by atoms with E-state index in [0.29, 0.717) is 45.0 Å². The highest BCUT2D eigenvalue weighted by Gasteiger charge is 2.30. The molecular weight excluding hydrogens is 421 g/mol. The lowest BCUT2D eigenvalue weighted by molar-refractivity contribution is -0.137. The van der Waals surface area contributed by atoms with Crippen LogP contribution < -0.4 is 14.2 Å². The molecule has 1 heterocycles. The Labute approximate surface area is 182 Å². The van der Waals surface area contributed by atoms with Crippen LogP contribution >= 0.6 is 0 Å². The lowest BCUT2D eigenvalue weighted by atomic mass is 9.97. The summed E-state index contributed by atoms with van der Waals surface area (Å²) in [5.74, 6) is 1.64. The molecule has 4 rings (SSSR count). The van der Waals surface area contributed by atoms with Crippen molar-refractivity contribution in [3.63, 3.8) is 0 Å². The smallest absolute Gasteiger partial charge is 0.416 e. The second kappa shape index (κ2) is 8.37. The molecule has 0 aliphatic rings. The van der Waals surface area contributed by atoms with E-state index in [2.05, 4.69) is 9.97 Å². The van der Waals surface area contributed by atoms with Crippen LogP contribution in [-0.4, -0.2) is 31.3 Å². The molecule has 0 amide bonds. The van der Waals surface area contributed by atoms with Crippen LogP contribution in [0.5, 0.6) is 17.2 Å². The van der Waals surface area contributed by atoms with E-state index < -0.39 is 11.7 Å². The predicted molar refractivity (Wildman–Crippen MR) is 115 cm³/mol. The summed E-state index contributed by atoms with van der Waals surface area (Å²) in [6, 6.07) is 14.0. The number of rotatable bonds is 5. The molecule has 0 atom stereocenters. The summed E-state index contributed by atoms with van der Waals surface area (Å²) in [5, 5.41) is 0.621. The van der Waals surface area contributed by atoms with Crippen molar-refractivity contribution in [1.82, 2.24) is 9.97 Å². The Balaban J connectivity index is 1.98. The largest absolute Gasteiger partial charge is 0.497 e. The average Bonchev–Trinajstić information content (AvgIpc) is 2.82. The Morgan fingerprint density at radius 1 is 0.750 bits per heavy atom. The number of nitrogens with zero attached hydrogens (tertiary/aromatic N) is 2. The molecule has 1 aromatic heterocycles. The van der Waals surface area contributed by atoms with Gasteiger partial charge < -0.3 is 14.2 Å². The minimum Gasteiger partial charge on any atom is -0.497 e. The molecule has 0 bridgehead atoms. The fourth-order valence-electron chi connectivity index (χ4n) is 3.59. The Bertz CT molecular complexity index is 1250. The zero-order valence-corrected chi connectivity index (χ0v) is 17.5. The van der Waals surface area contributed by atoms with Gasteiger partial charge >= 0.3 is 6.18 Å². The summed E-state index contributed by atoms with van der Waals surface area (Å²) in [6.45, 7) is 0. The molecule has 0 saturated carbocycles. The molecular formula is C24H19F3N2O3. The molecule has 8 heteroatoms. The van der Waals surface area contributed by atoms with Crippen molar-refractivity contribution in [2.45, 2.75) is 6.18 Å². The number of ether oxygens (including phenoxy) is 3. The van der Waals surface area contributed by atoms with E-state index in [1.54, 1.807) is 13.2 Å². The van der Waals surface area contributed by atoms with Crippen LogP contribution in [0.1, 0.15) is 5.56 Å². The first-order chi connectivity index (χ1) is 15.4. The third kappa shape index (κ3) is 3.79. The molecule has 0 aliphatic heterocycles. The molecule has 4 aromatic rings. The van der Waals surface area contributed by atoms with Crippen LogP contribution in [0.3, 0.4) is 0 Å². The van der Waals surface area contributed by atoms with Crippen molar-refractivity contribution in [3.8, 4) is 39.6 Å². The van der Waals surface area contributed by atoms with E-state index in [9.17, 15) is 13.2 Å². The van der Waals surface area contributed by atoms with Crippen LogP contribution in [0.4, 0.5) is 13.2 Å². The van der Waals surface area contributed by atoms with Crippen LogP contribution in [0.25, 0.3) is 33.3 Å². The van der Waals surface area contributed by atoms with E-state index in [0.717, 1.165) is 17.7 Å². The molecule has 0 fully saturated rings. The van der Waals surface area contributed by atoms with Gasteiger partial charge in [0.15, 0.2) is 11.5 Å². The lowest BCUT2D eigenvalue weighted by Crippen LogP contribution is -2.04. The van der Waals surface area contributed by atoms with Crippen molar-refractivity contribution in [3.05, 3.63) is 66.5 Å². The minimum absolute atomic E-state index is 0.453. The maximum absolute atomic E-state index is 13.0. The van der Waals surface area contributed by atoms with Gasteiger partial charge in [-0.25, -0.2) is 9.97 Å². The zero-order chi connectivity index (χ0) is 22.9. The Hall–Kier alpha value is -3.81. The first kappa shape index (κ1) is 21.4. The van der Waals surface area contributed by atoms with Crippen molar-refractivity contribution in [2.24, 2.45) is 0 Å². The molecule has 32 heavy (non-hydrogen) atoms. The van der Waals surface area contributed by atoms with Gasteiger partial charge in [0.2, 0.25) is 0 Å². The lowest BCUT2D eigenvalue weighted by Gasteiger charge is -2.17. The number of benzene rings is 3. The zero-order valence-electron chi connectivity index (χ0n) is 17.5. The minimum atomic E-state index is -4.41. The van der Waals surface area contributed by atoms with E-state index in [4.69, 9.17) is 14.2 Å². The normalized spacial score (nSPS) is 11.4. The molecule has 0 radical (unpaired) electrons. The third-order valence-electron chi connectivity index (χ3n) is 5.14. The number of hydrogen-bond donors (Lipinski definition) is 0. The van der Waals surface area contributed by atoms with Crippen molar-refractivity contribution in [2.75, 3.05) is 21.3 Å². The van der Waals surface area contributed by atoms with E-state index in [1.807, 2.05) is 24.3 Å². The summed E-state index contributed by atoms with van der Waals surface area (Å²) < 4.78 is 55.4. The topological polar surface area (TPSA) is 53.5 Å². The highest BCUT2D eigenvalue weighted by Crippen LogP contribution is 2.45. The van der Waals surface area contributed by atoms with Gasteiger partial charge in [-0.1, -0.05) is 24.3 Å². The second-order valence-corrected chi connectivity index (χ2v) is 6.91. The average molecular weight is 440 g/mol.